The number of furan rings is 1. The molecule has 1 N–H and O–H groups in total. The van der Waals surface area contributed by atoms with Crippen LogP contribution in [0, 0.1) is 6.92 Å². The van der Waals surface area contributed by atoms with Gasteiger partial charge in [0, 0.05) is 6.07 Å². The third kappa shape index (κ3) is 3.02. The molecule has 0 radical (unpaired) electrons. The summed E-state index contributed by atoms with van der Waals surface area (Å²) < 4.78 is 10.8. The highest BCUT2D eigenvalue weighted by atomic mass is 16.6. The lowest BCUT2D eigenvalue weighted by atomic mass is 9.86. The molecule has 106 valence electrons. The van der Waals surface area contributed by atoms with Gasteiger partial charge in [-0.2, -0.15) is 0 Å². The Hall–Kier alpha value is -2.23. The van der Waals surface area contributed by atoms with Crippen LogP contribution < -0.4 is 4.74 Å². The molecule has 4 nitrogen and oxygen atoms in total. The molecule has 0 bridgehead atoms. The smallest absolute Gasteiger partial charge is 0.371 e. The number of hydrogen-bond acceptors (Lipinski definition) is 3. The first kappa shape index (κ1) is 14.2. The molecule has 1 heterocycles. The molecule has 0 unspecified atom stereocenters. The Labute approximate surface area is 118 Å². The summed E-state index contributed by atoms with van der Waals surface area (Å²) >= 11 is 0. The normalized spacial score (nSPS) is 11.4. The predicted molar refractivity (Wildman–Crippen MR) is 75.6 cm³/mol. The summed E-state index contributed by atoms with van der Waals surface area (Å²) in [6, 6.07) is 8.88. The van der Waals surface area contributed by atoms with E-state index in [4.69, 9.17) is 14.3 Å². The second-order valence-electron chi connectivity index (χ2n) is 5.76. The van der Waals surface area contributed by atoms with Gasteiger partial charge in [-0.25, -0.2) is 4.79 Å². The number of carboxylic acid groups (broad SMARTS) is 1. The van der Waals surface area contributed by atoms with Crippen LogP contribution in [0.1, 0.15) is 42.5 Å². The molecule has 2 aromatic rings. The molecule has 0 aliphatic carbocycles. The summed E-state index contributed by atoms with van der Waals surface area (Å²) in [4.78, 5) is 10.8. The van der Waals surface area contributed by atoms with Crippen molar-refractivity contribution in [2.75, 3.05) is 0 Å². The maximum Gasteiger partial charge on any atom is 0.371 e. The second-order valence-corrected chi connectivity index (χ2v) is 5.76. The molecular formula is C16H18O4. The van der Waals surface area contributed by atoms with Gasteiger partial charge in [-0.3, -0.25) is 0 Å². The summed E-state index contributed by atoms with van der Waals surface area (Å²) in [5, 5.41) is 8.82. The first-order valence-electron chi connectivity index (χ1n) is 6.39. The fourth-order valence-electron chi connectivity index (χ4n) is 1.77. The highest BCUT2D eigenvalue weighted by molar-refractivity contribution is 5.84. The fourth-order valence-corrected chi connectivity index (χ4v) is 1.77. The third-order valence-electron chi connectivity index (χ3n) is 3.06. The van der Waals surface area contributed by atoms with Crippen LogP contribution >= 0.6 is 0 Å². The van der Waals surface area contributed by atoms with Gasteiger partial charge in [0.25, 0.3) is 5.95 Å². The maximum absolute atomic E-state index is 10.8. The van der Waals surface area contributed by atoms with E-state index in [0.29, 0.717) is 5.75 Å². The Bertz CT molecular complexity index is 632. The van der Waals surface area contributed by atoms with Gasteiger partial charge in [0.2, 0.25) is 5.76 Å². The van der Waals surface area contributed by atoms with Gasteiger partial charge in [-0.1, -0.05) is 32.9 Å². The molecule has 20 heavy (non-hydrogen) atoms. The summed E-state index contributed by atoms with van der Waals surface area (Å²) in [6.45, 7) is 8.30. The minimum atomic E-state index is -1.11. The topological polar surface area (TPSA) is 59.7 Å². The molecular weight excluding hydrogens is 256 g/mol. The largest absolute Gasteiger partial charge is 0.475 e. The standard InChI is InChI=1S/C16H18O4/c1-10-5-6-11(16(2,3)4)9-13(10)20-14-8-7-12(19-14)15(17)18/h5-9H,1-4H3,(H,17,18). The van der Waals surface area contributed by atoms with Crippen molar-refractivity contribution in [1.29, 1.82) is 0 Å². The SMILES string of the molecule is Cc1ccc(C(C)(C)C)cc1Oc1ccc(C(=O)O)o1. The molecule has 1 aromatic heterocycles. The Balaban J connectivity index is 2.30. The predicted octanol–water partition coefficient (Wildman–Crippen LogP) is 4.38. The van der Waals surface area contributed by atoms with Gasteiger partial charge >= 0.3 is 5.97 Å². The molecule has 0 amide bonds. The molecule has 2 rings (SSSR count). The van der Waals surface area contributed by atoms with Crippen molar-refractivity contribution in [3.63, 3.8) is 0 Å². The molecule has 0 fully saturated rings. The van der Waals surface area contributed by atoms with Gasteiger partial charge < -0.3 is 14.3 Å². The molecule has 1 aromatic carbocycles. The highest BCUT2D eigenvalue weighted by Gasteiger charge is 2.16. The van der Waals surface area contributed by atoms with E-state index in [1.54, 1.807) is 0 Å². The number of hydrogen-bond donors (Lipinski definition) is 1. The van der Waals surface area contributed by atoms with E-state index in [2.05, 4.69) is 26.8 Å². The number of benzene rings is 1. The fraction of sp³-hybridized carbons (Fsp3) is 0.312. The van der Waals surface area contributed by atoms with Crippen LogP contribution in [0.5, 0.6) is 11.7 Å². The number of carbonyl (C=O) groups is 1. The Morgan fingerprint density at radius 1 is 1.20 bits per heavy atom. The Morgan fingerprint density at radius 3 is 2.45 bits per heavy atom. The van der Waals surface area contributed by atoms with E-state index in [9.17, 15) is 4.79 Å². The van der Waals surface area contributed by atoms with Crippen molar-refractivity contribution in [1.82, 2.24) is 0 Å². The van der Waals surface area contributed by atoms with E-state index < -0.39 is 5.97 Å². The zero-order valence-electron chi connectivity index (χ0n) is 12.1. The molecule has 0 aliphatic rings. The van der Waals surface area contributed by atoms with Crippen molar-refractivity contribution >= 4 is 5.97 Å². The number of aromatic carboxylic acids is 1. The molecule has 0 spiro atoms. The van der Waals surface area contributed by atoms with Crippen molar-refractivity contribution in [2.24, 2.45) is 0 Å². The quantitative estimate of drug-likeness (QED) is 0.902. The first-order valence-corrected chi connectivity index (χ1v) is 6.39. The van der Waals surface area contributed by atoms with Crippen LogP contribution in [0.15, 0.2) is 34.7 Å². The molecule has 0 saturated carbocycles. The van der Waals surface area contributed by atoms with E-state index in [0.717, 1.165) is 11.1 Å². The summed E-state index contributed by atoms with van der Waals surface area (Å²) in [5.41, 5.74) is 2.12. The van der Waals surface area contributed by atoms with E-state index in [1.165, 1.54) is 12.1 Å². The van der Waals surface area contributed by atoms with Crippen molar-refractivity contribution in [2.45, 2.75) is 33.1 Å². The van der Waals surface area contributed by atoms with Crippen LogP contribution in [-0.2, 0) is 5.41 Å². The van der Waals surface area contributed by atoms with Crippen molar-refractivity contribution in [3.05, 3.63) is 47.2 Å². The minimum absolute atomic E-state index is 0.0151. The summed E-state index contributed by atoms with van der Waals surface area (Å²) in [5.74, 6) is -0.398. The third-order valence-corrected chi connectivity index (χ3v) is 3.06. The average Bonchev–Trinajstić information content (AvgIpc) is 2.79. The van der Waals surface area contributed by atoms with Crippen molar-refractivity contribution < 1.29 is 19.1 Å². The number of carboxylic acids is 1. The first-order chi connectivity index (χ1) is 9.27. The van der Waals surface area contributed by atoms with Gasteiger partial charge in [0.05, 0.1) is 0 Å². The van der Waals surface area contributed by atoms with Crippen LogP contribution in [0.3, 0.4) is 0 Å². The zero-order valence-corrected chi connectivity index (χ0v) is 12.1. The van der Waals surface area contributed by atoms with Gasteiger partial charge in [-0.05, 0) is 35.6 Å². The van der Waals surface area contributed by atoms with Crippen LogP contribution in [0.25, 0.3) is 0 Å². The lowest BCUT2D eigenvalue weighted by Gasteiger charge is -2.20. The molecule has 4 heteroatoms. The monoisotopic (exact) mass is 274 g/mol. The summed E-state index contributed by atoms with van der Waals surface area (Å²) in [6.07, 6.45) is 0. The van der Waals surface area contributed by atoms with E-state index >= 15 is 0 Å². The van der Waals surface area contributed by atoms with Gasteiger partial charge in [0.15, 0.2) is 0 Å². The minimum Gasteiger partial charge on any atom is -0.475 e. The maximum atomic E-state index is 10.8. The van der Waals surface area contributed by atoms with E-state index in [1.807, 2.05) is 19.1 Å². The lowest BCUT2D eigenvalue weighted by molar-refractivity contribution is 0.0657. The molecule has 0 saturated heterocycles. The Morgan fingerprint density at radius 2 is 1.90 bits per heavy atom. The number of ether oxygens (including phenoxy) is 1. The molecule has 0 atom stereocenters. The molecule has 0 aliphatic heterocycles. The van der Waals surface area contributed by atoms with Crippen LogP contribution in [-0.4, -0.2) is 11.1 Å². The van der Waals surface area contributed by atoms with Gasteiger partial charge in [-0.15, -0.1) is 0 Å². The summed E-state index contributed by atoms with van der Waals surface area (Å²) in [7, 11) is 0. The second kappa shape index (κ2) is 5.04. The number of rotatable bonds is 3. The average molecular weight is 274 g/mol. The zero-order chi connectivity index (χ0) is 14.9. The van der Waals surface area contributed by atoms with Crippen LogP contribution in [0.4, 0.5) is 0 Å². The Kier molecular flexibility index (Phi) is 3.57. The van der Waals surface area contributed by atoms with Crippen molar-refractivity contribution in [3.8, 4) is 11.7 Å². The van der Waals surface area contributed by atoms with Crippen LogP contribution in [0.2, 0.25) is 0 Å². The highest BCUT2D eigenvalue weighted by Crippen LogP contribution is 2.31. The van der Waals surface area contributed by atoms with E-state index in [-0.39, 0.29) is 17.1 Å². The lowest BCUT2D eigenvalue weighted by Crippen LogP contribution is -2.11. The number of aryl methyl sites for hydroxylation is 1. The van der Waals surface area contributed by atoms with Gasteiger partial charge in [0.1, 0.15) is 5.75 Å².